The highest BCUT2D eigenvalue weighted by Crippen LogP contribution is 2.34. The first-order chi connectivity index (χ1) is 14.3. The molecule has 4 rings (SSSR count). The predicted octanol–water partition coefficient (Wildman–Crippen LogP) is 3.58. The van der Waals surface area contributed by atoms with Gasteiger partial charge in [0.05, 0.1) is 10.8 Å². The minimum atomic E-state index is -3.53. The van der Waals surface area contributed by atoms with Crippen LogP contribution in [0.5, 0.6) is 0 Å². The highest BCUT2D eigenvalue weighted by molar-refractivity contribution is 7.89. The van der Waals surface area contributed by atoms with Crippen LogP contribution in [0.15, 0.2) is 70.6 Å². The maximum atomic E-state index is 13.3. The van der Waals surface area contributed by atoms with Crippen molar-refractivity contribution in [3.63, 3.8) is 0 Å². The lowest BCUT2D eigenvalue weighted by Crippen LogP contribution is -2.39. The van der Waals surface area contributed by atoms with Gasteiger partial charge in [0.15, 0.2) is 0 Å². The predicted molar refractivity (Wildman–Crippen MR) is 118 cm³/mol. The molecule has 0 saturated carbocycles. The fourth-order valence-electron chi connectivity index (χ4n) is 4.53. The van der Waals surface area contributed by atoms with Gasteiger partial charge in [-0.15, -0.1) is 0 Å². The van der Waals surface area contributed by atoms with E-state index in [-0.39, 0.29) is 17.7 Å². The summed E-state index contributed by atoms with van der Waals surface area (Å²) in [4.78, 5) is 15.6. The van der Waals surface area contributed by atoms with Gasteiger partial charge >= 0.3 is 0 Å². The Kier molecular flexibility index (Phi) is 5.55. The fraction of sp³-hybridized carbons (Fsp3) is 0.375. The van der Waals surface area contributed by atoms with Crippen molar-refractivity contribution in [3.05, 3.63) is 76.9 Å². The minimum Gasteiger partial charge on any atom is -0.334 e. The Hall–Kier alpha value is -2.44. The third kappa shape index (κ3) is 3.70. The summed E-state index contributed by atoms with van der Waals surface area (Å²) >= 11 is 0. The smallest absolute Gasteiger partial charge is 0.243 e. The van der Waals surface area contributed by atoms with Gasteiger partial charge in [0.25, 0.3) is 0 Å². The summed E-state index contributed by atoms with van der Waals surface area (Å²) in [6.45, 7) is 7.74. The van der Waals surface area contributed by atoms with Crippen LogP contribution < -0.4 is 0 Å². The van der Waals surface area contributed by atoms with Crippen molar-refractivity contribution in [3.8, 4) is 0 Å². The van der Waals surface area contributed by atoms with Crippen LogP contribution in [0.4, 0.5) is 0 Å². The zero-order valence-electron chi connectivity index (χ0n) is 17.7. The van der Waals surface area contributed by atoms with Crippen LogP contribution in [0.3, 0.4) is 0 Å². The van der Waals surface area contributed by atoms with Crippen molar-refractivity contribution in [1.29, 1.82) is 0 Å². The van der Waals surface area contributed by atoms with E-state index in [1.54, 1.807) is 16.4 Å². The van der Waals surface area contributed by atoms with Crippen LogP contribution in [-0.4, -0.2) is 49.7 Å². The van der Waals surface area contributed by atoms with Gasteiger partial charge in [-0.3, -0.25) is 4.79 Å². The number of rotatable bonds is 5. The Morgan fingerprint density at radius 2 is 1.43 bits per heavy atom. The standard InChI is InChI=1S/C24H28N2O3S/c1-17(2)23(19-10-5-4-6-11-19)24(27)25-13-20-15-26(16-21(20)14-25)30(28,29)22-12-8-7-9-18(22)3/h4-12,17,23H,13-16H2,1-3H3/t23-/m1/s1. The van der Waals surface area contributed by atoms with E-state index in [0.717, 1.165) is 22.3 Å². The van der Waals surface area contributed by atoms with Gasteiger partial charge in [-0.05, 0) is 41.2 Å². The first-order valence-corrected chi connectivity index (χ1v) is 11.8. The summed E-state index contributed by atoms with van der Waals surface area (Å²) in [5.74, 6) is 0.130. The van der Waals surface area contributed by atoms with E-state index in [1.165, 1.54) is 0 Å². The van der Waals surface area contributed by atoms with Gasteiger partial charge in [-0.1, -0.05) is 62.4 Å². The molecule has 0 radical (unpaired) electrons. The third-order valence-corrected chi connectivity index (χ3v) is 8.06. The summed E-state index contributed by atoms with van der Waals surface area (Å²) < 4.78 is 27.7. The molecule has 158 valence electrons. The third-order valence-electron chi connectivity index (χ3n) is 6.11. The number of nitrogens with zero attached hydrogens (tertiary/aromatic N) is 2. The molecule has 0 unspecified atom stereocenters. The van der Waals surface area contributed by atoms with Crippen LogP contribution in [0.1, 0.15) is 30.9 Å². The lowest BCUT2D eigenvalue weighted by molar-refractivity contribution is -0.132. The monoisotopic (exact) mass is 424 g/mol. The fourth-order valence-corrected chi connectivity index (χ4v) is 6.18. The molecule has 30 heavy (non-hydrogen) atoms. The molecule has 5 nitrogen and oxygen atoms in total. The first kappa shape index (κ1) is 20.8. The van der Waals surface area contributed by atoms with Crippen molar-refractivity contribution < 1.29 is 13.2 Å². The molecule has 2 heterocycles. The molecule has 0 aliphatic carbocycles. The molecule has 0 saturated heterocycles. The molecule has 1 amide bonds. The molecule has 0 bridgehead atoms. The molecule has 1 atom stereocenters. The van der Waals surface area contributed by atoms with Crippen molar-refractivity contribution in [2.24, 2.45) is 5.92 Å². The Balaban J connectivity index is 1.47. The summed E-state index contributed by atoms with van der Waals surface area (Å²) in [6.07, 6.45) is 0. The molecule has 0 spiro atoms. The second-order valence-electron chi connectivity index (χ2n) is 8.57. The van der Waals surface area contributed by atoms with Gasteiger partial charge in [0.1, 0.15) is 0 Å². The molecule has 0 N–H and O–H groups in total. The van der Waals surface area contributed by atoms with E-state index in [9.17, 15) is 13.2 Å². The first-order valence-electron chi connectivity index (χ1n) is 10.4. The van der Waals surface area contributed by atoms with Crippen molar-refractivity contribution in [1.82, 2.24) is 9.21 Å². The topological polar surface area (TPSA) is 57.7 Å². The number of aryl methyl sites for hydroxylation is 1. The van der Waals surface area contributed by atoms with E-state index >= 15 is 0 Å². The average molecular weight is 425 g/mol. The van der Waals surface area contributed by atoms with Gasteiger partial charge < -0.3 is 4.90 Å². The van der Waals surface area contributed by atoms with Gasteiger partial charge in [0, 0.05) is 26.2 Å². The maximum absolute atomic E-state index is 13.3. The van der Waals surface area contributed by atoms with Gasteiger partial charge in [-0.2, -0.15) is 4.31 Å². The SMILES string of the molecule is Cc1ccccc1S(=O)(=O)N1CC2=C(CN(C(=O)[C@@H](c3ccccc3)C(C)C)C2)C1. The molecular weight excluding hydrogens is 396 g/mol. The average Bonchev–Trinajstić information content (AvgIpc) is 3.28. The number of carbonyl (C=O) groups excluding carboxylic acids is 1. The second kappa shape index (κ2) is 8.00. The number of hydrogen-bond donors (Lipinski definition) is 0. The highest BCUT2D eigenvalue weighted by atomic mass is 32.2. The number of carbonyl (C=O) groups is 1. The van der Waals surface area contributed by atoms with Crippen LogP contribution in [0, 0.1) is 12.8 Å². The van der Waals surface area contributed by atoms with Crippen molar-refractivity contribution >= 4 is 15.9 Å². The molecule has 0 aromatic heterocycles. The largest absolute Gasteiger partial charge is 0.334 e. The van der Waals surface area contributed by atoms with E-state index in [2.05, 4.69) is 13.8 Å². The van der Waals surface area contributed by atoms with E-state index in [4.69, 9.17) is 0 Å². The van der Waals surface area contributed by atoms with Crippen LogP contribution in [0.25, 0.3) is 0 Å². The van der Waals surface area contributed by atoms with Crippen LogP contribution in [0.2, 0.25) is 0 Å². The molecule has 2 aliphatic heterocycles. The number of amides is 1. The summed E-state index contributed by atoms with van der Waals surface area (Å²) in [6, 6.07) is 17.0. The minimum absolute atomic E-state index is 0.124. The van der Waals surface area contributed by atoms with Gasteiger partial charge in [-0.25, -0.2) is 8.42 Å². The lowest BCUT2D eigenvalue weighted by atomic mass is 9.87. The molecule has 2 aromatic carbocycles. The van der Waals surface area contributed by atoms with Crippen molar-refractivity contribution in [2.75, 3.05) is 26.2 Å². The highest BCUT2D eigenvalue weighted by Gasteiger charge is 2.39. The van der Waals surface area contributed by atoms with E-state index < -0.39 is 10.0 Å². The number of hydrogen-bond acceptors (Lipinski definition) is 3. The van der Waals surface area contributed by atoms with Crippen LogP contribution in [-0.2, 0) is 14.8 Å². The maximum Gasteiger partial charge on any atom is 0.243 e. The summed E-state index contributed by atoms with van der Waals surface area (Å²) in [7, 11) is -3.53. The van der Waals surface area contributed by atoms with E-state index in [1.807, 2.05) is 54.3 Å². The Labute approximate surface area is 179 Å². The lowest BCUT2D eigenvalue weighted by Gasteiger charge is -2.28. The van der Waals surface area contributed by atoms with E-state index in [0.29, 0.717) is 31.1 Å². The quantitative estimate of drug-likeness (QED) is 0.690. The Morgan fingerprint density at radius 3 is 2.00 bits per heavy atom. The number of sulfonamides is 1. The molecule has 6 heteroatoms. The van der Waals surface area contributed by atoms with Crippen molar-refractivity contribution in [2.45, 2.75) is 31.6 Å². The molecule has 2 aliphatic rings. The normalized spacial score (nSPS) is 18.2. The summed E-state index contributed by atoms with van der Waals surface area (Å²) in [5, 5.41) is 0. The van der Waals surface area contributed by atoms with Gasteiger partial charge in [0.2, 0.25) is 15.9 Å². The molecule has 0 fully saturated rings. The second-order valence-corrected chi connectivity index (χ2v) is 10.5. The Bertz CT molecular complexity index is 1070. The molecule has 2 aromatic rings. The molecular formula is C24H28N2O3S. The number of benzene rings is 2. The summed E-state index contributed by atoms with van der Waals surface area (Å²) in [5.41, 5.74) is 3.92. The zero-order valence-corrected chi connectivity index (χ0v) is 18.5. The zero-order chi connectivity index (χ0) is 21.5. The van der Waals surface area contributed by atoms with Crippen LogP contribution >= 0.6 is 0 Å². The Morgan fingerprint density at radius 1 is 0.867 bits per heavy atom.